The molecule has 0 saturated carbocycles. The van der Waals surface area contributed by atoms with Crippen molar-refractivity contribution >= 4 is 17.1 Å². The number of fused-ring (bicyclic) bond motifs is 1. The van der Waals surface area contributed by atoms with E-state index in [1.165, 1.54) is 4.68 Å². The molecule has 3 N–H and O–H groups in total. The third-order valence-electron chi connectivity index (χ3n) is 2.28. The second-order valence-corrected chi connectivity index (χ2v) is 3.45. The minimum atomic E-state index is -0.404. The van der Waals surface area contributed by atoms with E-state index in [4.69, 9.17) is 10.2 Å². The van der Waals surface area contributed by atoms with Gasteiger partial charge in [-0.3, -0.25) is 9.78 Å². The highest BCUT2D eigenvalue weighted by molar-refractivity contribution is 5.69. The predicted octanol–water partition coefficient (Wildman–Crippen LogP) is -0.262. The summed E-state index contributed by atoms with van der Waals surface area (Å²) < 4.78 is 6.64. The summed E-state index contributed by atoms with van der Waals surface area (Å²) in [5.41, 5.74) is 5.56. The van der Waals surface area contributed by atoms with Crippen LogP contribution in [0.2, 0.25) is 0 Å². The highest BCUT2D eigenvalue weighted by atomic mass is 16.3. The Balaban J connectivity index is 2.15. The minimum Gasteiger partial charge on any atom is -0.467 e. The van der Waals surface area contributed by atoms with Crippen LogP contribution in [-0.4, -0.2) is 25.0 Å². The zero-order valence-electron chi connectivity index (χ0n) is 8.62. The van der Waals surface area contributed by atoms with Gasteiger partial charge in [0, 0.05) is 0 Å². The Morgan fingerprint density at radius 3 is 3.18 bits per heavy atom. The lowest BCUT2D eigenvalue weighted by Gasteiger charge is -1.98. The SMILES string of the molecule is Nc1nc2c(nnn2Cc2ccco2)c(=O)[nH]1. The fourth-order valence-corrected chi connectivity index (χ4v) is 1.54. The van der Waals surface area contributed by atoms with Gasteiger partial charge in [-0.15, -0.1) is 5.10 Å². The standard InChI is InChI=1S/C9H8N6O2/c10-9-11-7-6(8(16)12-9)13-14-15(7)4-5-2-1-3-17-5/h1-3H,4H2,(H3,10,11,12,16). The number of H-pyrrole nitrogens is 1. The molecule has 0 unspecified atom stereocenters. The number of anilines is 1. The number of hydrogen-bond acceptors (Lipinski definition) is 6. The molecule has 0 aliphatic heterocycles. The molecule has 0 fully saturated rings. The third kappa shape index (κ3) is 1.55. The molecule has 0 spiro atoms. The van der Waals surface area contributed by atoms with Crippen molar-refractivity contribution in [1.29, 1.82) is 0 Å². The zero-order valence-corrected chi connectivity index (χ0v) is 8.62. The molecule has 86 valence electrons. The van der Waals surface area contributed by atoms with Gasteiger partial charge in [-0.25, -0.2) is 4.68 Å². The number of nitrogen functional groups attached to an aromatic ring is 1. The summed E-state index contributed by atoms with van der Waals surface area (Å²) >= 11 is 0. The van der Waals surface area contributed by atoms with Crippen LogP contribution >= 0.6 is 0 Å². The van der Waals surface area contributed by atoms with Crippen molar-refractivity contribution < 1.29 is 4.42 Å². The minimum absolute atomic E-state index is 0.0329. The first kappa shape index (κ1) is 9.58. The van der Waals surface area contributed by atoms with E-state index in [2.05, 4.69) is 20.3 Å². The summed E-state index contributed by atoms with van der Waals surface area (Å²) in [6.07, 6.45) is 1.56. The highest BCUT2D eigenvalue weighted by Crippen LogP contribution is 2.08. The number of nitrogens with one attached hydrogen (secondary N) is 1. The molecule has 8 nitrogen and oxygen atoms in total. The van der Waals surface area contributed by atoms with E-state index in [1.54, 1.807) is 18.4 Å². The maximum absolute atomic E-state index is 11.5. The second kappa shape index (κ2) is 3.44. The summed E-state index contributed by atoms with van der Waals surface area (Å²) in [6, 6.07) is 3.56. The molecule has 0 atom stereocenters. The van der Waals surface area contributed by atoms with Crippen molar-refractivity contribution in [3.05, 3.63) is 34.5 Å². The van der Waals surface area contributed by atoms with Crippen molar-refractivity contribution in [2.75, 3.05) is 5.73 Å². The molecular weight excluding hydrogens is 224 g/mol. The molecule has 3 aromatic rings. The normalized spacial score (nSPS) is 11.1. The van der Waals surface area contributed by atoms with E-state index in [9.17, 15) is 4.79 Å². The fourth-order valence-electron chi connectivity index (χ4n) is 1.54. The van der Waals surface area contributed by atoms with E-state index in [0.717, 1.165) is 0 Å². The summed E-state index contributed by atoms with van der Waals surface area (Å²) in [5, 5.41) is 7.59. The van der Waals surface area contributed by atoms with Crippen LogP contribution in [0.3, 0.4) is 0 Å². The first-order chi connectivity index (χ1) is 8.24. The fraction of sp³-hybridized carbons (Fsp3) is 0.111. The van der Waals surface area contributed by atoms with Crippen LogP contribution in [0.1, 0.15) is 5.76 Å². The van der Waals surface area contributed by atoms with E-state index in [1.807, 2.05) is 0 Å². The average Bonchev–Trinajstić information content (AvgIpc) is 2.89. The van der Waals surface area contributed by atoms with Crippen LogP contribution in [0, 0.1) is 0 Å². The van der Waals surface area contributed by atoms with Gasteiger partial charge in [-0.2, -0.15) is 4.98 Å². The first-order valence-corrected chi connectivity index (χ1v) is 4.85. The summed E-state index contributed by atoms with van der Waals surface area (Å²) in [6.45, 7) is 0.347. The molecular formula is C9H8N6O2. The number of aromatic amines is 1. The van der Waals surface area contributed by atoms with Gasteiger partial charge in [0.25, 0.3) is 5.56 Å². The monoisotopic (exact) mass is 232 g/mol. The van der Waals surface area contributed by atoms with Crippen LogP contribution in [0.4, 0.5) is 5.95 Å². The Bertz CT molecular complexity index is 711. The van der Waals surface area contributed by atoms with Gasteiger partial charge in [0.1, 0.15) is 12.3 Å². The molecule has 3 heterocycles. The average molecular weight is 232 g/mol. The van der Waals surface area contributed by atoms with Crippen molar-refractivity contribution in [2.45, 2.75) is 6.54 Å². The molecule has 3 aromatic heterocycles. The maximum atomic E-state index is 11.5. The Morgan fingerprint density at radius 1 is 1.53 bits per heavy atom. The van der Waals surface area contributed by atoms with Crippen LogP contribution in [-0.2, 0) is 6.54 Å². The zero-order chi connectivity index (χ0) is 11.8. The summed E-state index contributed by atoms with van der Waals surface area (Å²) in [4.78, 5) is 17.9. The molecule has 3 rings (SSSR count). The lowest BCUT2D eigenvalue weighted by atomic mass is 10.4. The Kier molecular flexibility index (Phi) is 1.94. The van der Waals surface area contributed by atoms with Crippen molar-refractivity contribution in [2.24, 2.45) is 0 Å². The van der Waals surface area contributed by atoms with Crippen molar-refractivity contribution in [1.82, 2.24) is 25.0 Å². The largest absolute Gasteiger partial charge is 0.467 e. The first-order valence-electron chi connectivity index (χ1n) is 4.85. The molecule has 0 aromatic carbocycles. The van der Waals surface area contributed by atoms with Gasteiger partial charge in [0.15, 0.2) is 11.2 Å². The van der Waals surface area contributed by atoms with Gasteiger partial charge in [0.2, 0.25) is 5.95 Å². The van der Waals surface area contributed by atoms with Gasteiger partial charge < -0.3 is 10.2 Å². The molecule has 0 radical (unpaired) electrons. The maximum Gasteiger partial charge on any atom is 0.282 e. The van der Waals surface area contributed by atoms with Crippen LogP contribution in [0.5, 0.6) is 0 Å². The quantitative estimate of drug-likeness (QED) is 0.628. The third-order valence-corrected chi connectivity index (χ3v) is 2.28. The van der Waals surface area contributed by atoms with E-state index < -0.39 is 5.56 Å². The molecule has 0 amide bonds. The molecule has 0 aliphatic carbocycles. The Morgan fingerprint density at radius 2 is 2.41 bits per heavy atom. The topological polar surface area (TPSA) is 116 Å². The van der Waals surface area contributed by atoms with E-state index in [-0.39, 0.29) is 11.5 Å². The van der Waals surface area contributed by atoms with Gasteiger partial charge in [-0.05, 0) is 12.1 Å². The molecule has 0 saturated heterocycles. The Hall–Kier alpha value is -2.64. The van der Waals surface area contributed by atoms with Gasteiger partial charge in [0.05, 0.1) is 6.26 Å². The van der Waals surface area contributed by atoms with E-state index in [0.29, 0.717) is 18.0 Å². The smallest absolute Gasteiger partial charge is 0.282 e. The highest BCUT2D eigenvalue weighted by Gasteiger charge is 2.11. The number of nitrogens with zero attached hydrogens (tertiary/aromatic N) is 4. The number of rotatable bonds is 2. The summed E-state index contributed by atoms with van der Waals surface area (Å²) in [5.74, 6) is 0.725. The summed E-state index contributed by atoms with van der Waals surface area (Å²) in [7, 11) is 0. The number of hydrogen-bond donors (Lipinski definition) is 2. The second-order valence-electron chi connectivity index (χ2n) is 3.45. The molecule has 0 bridgehead atoms. The van der Waals surface area contributed by atoms with Crippen LogP contribution in [0.25, 0.3) is 11.2 Å². The predicted molar refractivity (Wildman–Crippen MR) is 58.2 cm³/mol. The lowest BCUT2D eigenvalue weighted by molar-refractivity contribution is 0.479. The molecule has 8 heteroatoms. The number of aromatic nitrogens is 5. The van der Waals surface area contributed by atoms with Crippen LogP contribution in [0.15, 0.2) is 27.6 Å². The molecule has 17 heavy (non-hydrogen) atoms. The van der Waals surface area contributed by atoms with E-state index >= 15 is 0 Å². The lowest BCUT2D eigenvalue weighted by Crippen LogP contribution is -2.12. The molecule has 0 aliphatic rings. The van der Waals surface area contributed by atoms with Crippen LogP contribution < -0.4 is 11.3 Å². The van der Waals surface area contributed by atoms with Gasteiger partial charge >= 0.3 is 0 Å². The number of nitrogens with two attached hydrogens (primary N) is 1. The van der Waals surface area contributed by atoms with Crippen molar-refractivity contribution in [3.63, 3.8) is 0 Å². The van der Waals surface area contributed by atoms with Crippen molar-refractivity contribution in [3.8, 4) is 0 Å². The number of furan rings is 1. The van der Waals surface area contributed by atoms with Gasteiger partial charge in [-0.1, -0.05) is 5.21 Å². The Labute approximate surface area is 94.1 Å².